The van der Waals surface area contributed by atoms with Crippen molar-refractivity contribution < 1.29 is 9.59 Å². The fourth-order valence-electron chi connectivity index (χ4n) is 1.74. The maximum atomic E-state index is 12.1. The van der Waals surface area contributed by atoms with E-state index in [2.05, 4.69) is 9.97 Å². The smallest absolute Gasteiger partial charge is 0.254 e. The zero-order valence-corrected chi connectivity index (χ0v) is 11.2. The number of rotatable bonds is 3. The van der Waals surface area contributed by atoms with Crippen molar-refractivity contribution in [2.45, 2.75) is 0 Å². The molecule has 0 atom stereocenters. The van der Waals surface area contributed by atoms with Gasteiger partial charge in [-0.3, -0.25) is 19.6 Å². The Morgan fingerprint density at radius 1 is 1.20 bits per heavy atom. The fourth-order valence-corrected chi connectivity index (χ4v) is 1.74. The van der Waals surface area contributed by atoms with Crippen LogP contribution in [-0.4, -0.2) is 40.8 Å². The van der Waals surface area contributed by atoms with E-state index in [1.165, 1.54) is 11.1 Å². The molecule has 0 saturated heterocycles. The monoisotopic (exact) mass is 270 g/mol. The molecule has 6 heteroatoms. The lowest BCUT2D eigenvalue weighted by Crippen LogP contribution is -2.26. The van der Waals surface area contributed by atoms with Crippen LogP contribution >= 0.6 is 0 Å². The average Bonchev–Trinajstić information content (AvgIpc) is 2.46. The summed E-state index contributed by atoms with van der Waals surface area (Å²) >= 11 is 0. The molecule has 0 bridgehead atoms. The second-order valence-corrected chi connectivity index (χ2v) is 4.42. The van der Waals surface area contributed by atoms with E-state index >= 15 is 0 Å². The molecule has 0 unspecified atom stereocenters. The topological polar surface area (TPSA) is 89.2 Å². The predicted octanol–water partition coefficient (Wildman–Crippen LogP) is 0.944. The maximum absolute atomic E-state index is 12.1. The third-order valence-electron chi connectivity index (χ3n) is 2.76. The van der Waals surface area contributed by atoms with Crippen LogP contribution in [0.3, 0.4) is 0 Å². The van der Waals surface area contributed by atoms with Crippen molar-refractivity contribution in [3.63, 3.8) is 0 Å². The van der Waals surface area contributed by atoms with Crippen LogP contribution in [0.4, 0.5) is 0 Å². The number of hydrogen-bond donors (Lipinski definition) is 1. The lowest BCUT2D eigenvalue weighted by atomic mass is 10.0. The van der Waals surface area contributed by atoms with Crippen molar-refractivity contribution in [2.75, 3.05) is 14.1 Å². The van der Waals surface area contributed by atoms with Gasteiger partial charge in [-0.2, -0.15) is 0 Å². The first-order chi connectivity index (χ1) is 9.50. The number of pyridine rings is 2. The molecule has 0 aliphatic rings. The Morgan fingerprint density at radius 3 is 2.50 bits per heavy atom. The van der Waals surface area contributed by atoms with Gasteiger partial charge < -0.3 is 10.6 Å². The minimum absolute atomic E-state index is 0.108. The van der Waals surface area contributed by atoms with E-state index in [4.69, 9.17) is 5.73 Å². The molecule has 2 aromatic rings. The number of nitrogens with two attached hydrogens (primary N) is 1. The number of carbonyl (C=O) groups is 2. The molecule has 0 saturated carbocycles. The predicted molar refractivity (Wildman–Crippen MR) is 74.0 cm³/mol. The summed E-state index contributed by atoms with van der Waals surface area (Å²) in [5.41, 5.74) is 6.94. The van der Waals surface area contributed by atoms with Gasteiger partial charge in [-0.25, -0.2) is 0 Å². The van der Waals surface area contributed by atoms with Gasteiger partial charge in [0.1, 0.15) is 0 Å². The molecule has 102 valence electrons. The van der Waals surface area contributed by atoms with Crippen molar-refractivity contribution in [1.82, 2.24) is 14.9 Å². The zero-order valence-electron chi connectivity index (χ0n) is 11.2. The molecule has 0 spiro atoms. The molecule has 2 aromatic heterocycles. The number of nitrogens with zero attached hydrogens (tertiary/aromatic N) is 3. The molecule has 20 heavy (non-hydrogen) atoms. The van der Waals surface area contributed by atoms with Crippen molar-refractivity contribution in [3.8, 4) is 11.3 Å². The summed E-state index contributed by atoms with van der Waals surface area (Å²) in [6, 6.07) is 5.15. The highest BCUT2D eigenvalue weighted by atomic mass is 16.2. The highest BCUT2D eigenvalue weighted by Gasteiger charge is 2.18. The van der Waals surface area contributed by atoms with Crippen LogP contribution in [0, 0.1) is 0 Å². The van der Waals surface area contributed by atoms with E-state index in [1.54, 1.807) is 38.6 Å². The van der Waals surface area contributed by atoms with Crippen molar-refractivity contribution >= 4 is 11.8 Å². The van der Waals surface area contributed by atoms with Crippen LogP contribution in [0.2, 0.25) is 0 Å². The summed E-state index contributed by atoms with van der Waals surface area (Å²) in [6.45, 7) is 0. The molecular formula is C14H14N4O2. The van der Waals surface area contributed by atoms with Gasteiger partial charge in [0.15, 0.2) is 0 Å². The SMILES string of the molecule is CN(C)C(=O)c1cc(-c2cccnc2)ncc1C(N)=O. The summed E-state index contributed by atoms with van der Waals surface area (Å²) in [4.78, 5) is 33.1. The van der Waals surface area contributed by atoms with E-state index in [0.717, 1.165) is 5.56 Å². The molecule has 2 amide bonds. The third-order valence-corrected chi connectivity index (χ3v) is 2.76. The van der Waals surface area contributed by atoms with E-state index < -0.39 is 5.91 Å². The van der Waals surface area contributed by atoms with Crippen molar-refractivity contribution in [2.24, 2.45) is 5.73 Å². The van der Waals surface area contributed by atoms with Crippen LogP contribution in [0.25, 0.3) is 11.3 Å². The molecule has 0 fully saturated rings. The van der Waals surface area contributed by atoms with Crippen LogP contribution in [0.5, 0.6) is 0 Å². The van der Waals surface area contributed by atoms with Crippen LogP contribution in [-0.2, 0) is 0 Å². The molecule has 0 aliphatic heterocycles. The quantitative estimate of drug-likeness (QED) is 0.899. The fraction of sp³-hybridized carbons (Fsp3) is 0.143. The van der Waals surface area contributed by atoms with Gasteiger partial charge in [0, 0.05) is 38.2 Å². The minimum atomic E-state index is -0.680. The first-order valence-corrected chi connectivity index (χ1v) is 5.92. The van der Waals surface area contributed by atoms with E-state index in [1.807, 2.05) is 6.07 Å². The molecule has 2 rings (SSSR count). The lowest BCUT2D eigenvalue weighted by Gasteiger charge is -2.13. The van der Waals surface area contributed by atoms with Crippen LogP contribution in [0.15, 0.2) is 36.8 Å². The maximum Gasteiger partial charge on any atom is 0.254 e. The molecular weight excluding hydrogens is 256 g/mol. The summed E-state index contributed by atoms with van der Waals surface area (Å²) in [5, 5.41) is 0. The molecule has 2 heterocycles. The number of amides is 2. The van der Waals surface area contributed by atoms with E-state index in [-0.39, 0.29) is 17.0 Å². The Kier molecular flexibility index (Phi) is 3.74. The van der Waals surface area contributed by atoms with Gasteiger partial charge in [0.05, 0.1) is 16.8 Å². The summed E-state index contributed by atoms with van der Waals surface area (Å²) in [6.07, 6.45) is 4.60. The van der Waals surface area contributed by atoms with Gasteiger partial charge in [0.2, 0.25) is 0 Å². The Balaban J connectivity index is 2.57. The Morgan fingerprint density at radius 2 is 1.95 bits per heavy atom. The number of aromatic nitrogens is 2. The van der Waals surface area contributed by atoms with Gasteiger partial charge in [0.25, 0.3) is 11.8 Å². The number of hydrogen-bond acceptors (Lipinski definition) is 4. The van der Waals surface area contributed by atoms with Gasteiger partial charge in [-0.1, -0.05) is 0 Å². The highest BCUT2D eigenvalue weighted by molar-refractivity contribution is 6.06. The average molecular weight is 270 g/mol. The molecule has 6 nitrogen and oxygen atoms in total. The van der Waals surface area contributed by atoms with E-state index in [0.29, 0.717) is 5.69 Å². The lowest BCUT2D eigenvalue weighted by molar-refractivity contribution is 0.0820. The summed E-state index contributed by atoms with van der Waals surface area (Å²) < 4.78 is 0. The second-order valence-electron chi connectivity index (χ2n) is 4.42. The van der Waals surface area contributed by atoms with Gasteiger partial charge in [-0.15, -0.1) is 0 Å². The second kappa shape index (κ2) is 5.48. The number of primary amides is 1. The van der Waals surface area contributed by atoms with Crippen LogP contribution < -0.4 is 5.73 Å². The van der Waals surface area contributed by atoms with Crippen LogP contribution in [0.1, 0.15) is 20.7 Å². The van der Waals surface area contributed by atoms with E-state index in [9.17, 15) is 9.59 Å². The number of carbonyl (C=O) groups excluding carboxylic acids is 2. The third kappa shape index (κ3) is 2.64. The largest absolute Gasteiger partial charge is 0.366 e. The normalized spacial score (nSPS) is 10.1. The zero-order chi connectivity index (χ0) is 14.7. The Labute approximate surface area is 116 Å². The summed E-state index contributed by atoms with van der Waals surface area (Å²) in [7, 11) is 3.22. The highest BCUT2D eigenvalue weighted by Crippen LogP contribution is 2.19. The van der Waals surface area contributed by atoms with Crippen molar-refractivity contribution in [1.29, 1.82) is 0 Å². The Hall–Kier alpha value is -2.76. The van der Waals surface area contributed by atoms with Gasteiger partial charge >= 0.3 is 0 Å². The standard InChI is InChI=1S/C14H14N4O2/c1-18(2)14(20)10-6-12(9-4-3-5-16-7-9)17-8-11(10)13(15)19/h3-8H,1-2H3,(H2,15,19). The first kappa shape index (κ1) is 13.7. The molecule has 2 N–H and O–H groups in total. The van der Waals surface area contributed by atoms with Gasteiger partial charge in [-0.05, 0) is 18.2 Å². The minimum Gasteiger partial charge on any atom is -0.366 e. The molecule has 0 aromatic carbocycles. The summed E-state index contributed by atoms with van der Waals surface area (Å²) in [5.74, 6) is -0.980. The molecule has 0 aliphatic carbocycles. The van der Waals surface area contributed by atoms with Crippen molar-refractivity contribution in [3.05, 3.63) is 47.9 Å². The molecule has 0 radical (unpaired) electrons. The Bertz CT molecular complexity index is 653. The first-order valence-electron chi connectivity index (χ1n) is 5.92.